The normalized spacial score (nSPS) is 13.5. The first-order valence-electron chi connectivity index (χ1n) is 9.78. The Morgan fingerprint density at radius 1 is 0.971 bits per heavy atom. The van der Waals surface area contributed by atoms with Crippen LogP contribution in [0.4, 0.5) is 26.3 Å². The number of alkyl halides is 6. The van der Waals surface area contributed by atoms with Gasteiger partial charge in [0.2, 0.25) is 0 Å². The van der Waals surface area contributed by atoms with Crippen LogP contribution in [0.25, 0.3) is 22.9 Å². The van der Waals surface area contributed by atoms with Crippen molar-refractivity contribution in [2.24, 2.45) is 0 Å². The number of rotatable bonds is 5. The fraction of sp³-hybridized carbons (Fsp3) is 0.182. The molecule has 12 heteroatoms. The van der Waals surface area contributed by atoms with E-state index in [9.17, 15) is 26.3 Å². The number of benzene rings is 1. The Morgan fingerprint density at radius 2 is 1.76 bits per heavy atom. The third-order valence-corrected chi connectivity index (χ3v) is 5.81. The van der Waals surface area contributed by atoms with Crippen molar-refractivity contribution in [2.45, 2.75) is 25.3 Å². The summed E-state index contributed by atoms with van der Waals surface area (Å²) >= 11 is 1.31. The molecule has 3 aromatic heterocycles. The van der Waals surface area contributed by atoms with Crippen LogP contribution < -0.4 is 0 Å². The van der Waals surface area contributed by atoms with Crippen LogP contribution in [0.15, 0.2) is 55.0 Å². The van der Waals surface area contributed by atoms with Crippen molar-refractivity contribution >= 4 is 23.5 Å². The molecule has 0 aliphatic heterocycles. The van der Waals surface area contributed by atoms with Gasteiger partial charge in [-0.2, -0.15) is 31.4 Å². The Morgan fingerprint density at radius 3 is 2.44 bits per heavy atom. The first-order chi connectivity index (χ1) is 16.0. The van der Waals surface area contributed by atoms with Crippen LogP contribution in [-0.2, 0) is 12.4 Å². The highest BCUT2D eigenvalue weighted by Gasteiger charge is 2.39. The fourth-order valence-electron chi connectivity index (χ4n) is 3.20. The van der Waals surface area contributed by atoms with E-state index >= 15 is 0 Å². The van der Waals surface area contributed by atoms with Crippen molar-refractivity contribution in [2.75, 3.05) is 0 Å². The van der Waals surface area contributed by atoms with Crippen molar-refractivity contribution in [3.05, 3.63) is 82.3 Å². The van der Waals surface area contributed by atoms with Crippen LogP contribution in [0, 0.1) is 0 Å². The summed E-state index contributed by atoms with van der Waals surface area (Å²) in [5.74, 6) is 0. The topological polar surface area (TPSA) is 56.5 Å². The molecule has 0 radical (unpaired) electrons. The predicted octanol–water partition coefficient (Wildman–Crippen LogP) is 6.61. The third-order valence-electron chi connectivity index (χ3n) is 4.90. The highest BCUT2D eigenvalue weighted by Crippen LogP contribution is 2.39. The number of aromatic nitrogens is 5. The number of nitrogens with zero attached hydrogens (tertiary/aromatic N) is 5. The molecule has 3 heterocycles. The van der Waals surface area contributed by atoms with E-state index in [0.29, 0.717) is 27.3 Å². The average molecular weight is 495 g/mol. The Kier molecular flexibility index (Phi) is 6.26. The van der Waals surface area contributed by atoms with E-state index in [-0.39, 0.29) is 11.6 Å². The first-order valence-corrected chi connectivity index (χ1v) is 10.6. The monoisotopic (exact) mass is 495 g/mol. The van der Waals surface area contributed by atoms with Gasteiger partial charge >= 0.3 is 12.4 Å². The SMILES string of the molecule is CC(c1ccc(C(F)(F)F)cc1C(F)(F)F)n1cc(/C=C/c2nnc(-c3ccccn3)s2)cn1. The van der Waals surface area contributed by atoms with Crippen LogP contribution in [0.2, 0.25) is 0 Å². The Balaban J connectivity index is 1.56. The maximum atomic E-state index is 13.5. The number of pyridine rings is 1. The molecule has 1 aromatic carbocycles. The van der Waals surface area contributed by atoms with Crippen molar-refractivity contribution in [3.63, 3.8) is 0 Å². The lowest BCUT2D eigenvalue weighted by Crippen LogP contribution is -2.17. The average Bonchev–Trinajstić information content (AvgIpc) is 3.46. The fourth-order valence-corrected chi connectivity index (χ4v) is 3.92. The van der Waals surface area contributed by atoms with E-state index in [4.69, 9.17) is 0 Å². The van der Waals surface area contributed by atoms with Crippen molar-refractivity contribution in [3.8, 4) is 10.7 Å². The lowest BCUT2D eigenvalue weighted by atomic mass is 9.98. The molecule has 0 spiro atoms. The summed E-state index contributed by atoms with van der Waals surface area (Å²) in [7, 11) is 0. The molecule has 0 aliphatic rings. The largest absolute Gasteiger partial charge is 0.416 e. The van der Waals surface area contributed by atoms with Gasteiger partial charge in [-0.05, 0) is 48.9 Å². The van der Waals surface area contributed by atoms with Gasteiger partial charge in [-0.3, -0.25) is 9.67 Å². The first kappa shape index (κ1) is 23.6. The lowest BCUT2D eigenvalue weighted by Gasteiger charge is -2.20. The Labute approximate surface area is 193 Å². The zero-order valence-electron chi connectivity index (χ0n) is 17.3. The number of hydrogen-bond donors (Lipinski definition) is 0. The van der Waals surface area contributed by atoms with Gasteiger partial charge in [0.15, 0.2) is 5.01 Å². The summed E-state index contributed by atoms with van der Waals surface area (Å²) in [4.78, 5) is 4.20. The van der Waals surface area contributed by atoms with Crippen LogP contribution in [0.1, 0.15) is 40.2 Å². The maximum absolute atomic E-state index is 13.5. The number of hydrogen-bond acceptors (Lipinski definition) is 5. The highest BCUT2D eigenvalue weighted by molar-refractivity contribution is 7.15. The molecular formula is C22H15F6N5S. The molecule has 5 nitrogen and oxygen atoms in total. The molecule has 1 unspecified atom stereocenters. The molecule has 4 rings (SSSR count). The maximum Gasteiger partial charge on any atom is 0.416 e. The van der Waals surface area contributed by atoms with E-state index in [1.165, 1.54) is 35.3 Å². The minimum absolute atomic E-state index is 0.130. The van der Waals surface area contributed by atoms with Gasteiger partial charge < -0.3 is 0 Å². The quantitative estimate of drug-likeness (QED) is 0.292. The minimum Gasteiger partial charge on any atom is -0.265 e. The van der Waals surface area contributed by atoms with Gasteiger partial charge in [-0.1, -0.05) is 23.5 Å². The summed E-state index contributed by atoms with van der Waals surface area (Å²) in [6.07, 6.45) is -1.92. The highest BCUT2D eigenvalue weighted by atomic mass is 32.1. The van der Waals surface area contributed by atoms with Crippen LogP contribution >= 0.6 is 11.3 Å². The Hall–Kier alpha value is -3.54. The zero-order valence-corrected chi connectivity index (χ0v) is 18.2. The minimum atomic E-state index is -4.95. The smallest absolute Gasteiger partial charge is 0.265 e. The van der Waals surface area contributed by atoms with Crippen molar-refractivity contribution < 1.29 is 26.3 Å². The van der Waals surface area contributed by atoms with E-state index in [1.807, 2.05) is 6.07 Å². The summed E-state index contributed by atoms with van der Waals surface area (Å²) in [5.41, 5.74) is -1.77. The molecule has 34 heavy (non-hydrogen) atoms. The van der Waals surface area contributed by atoms with E-state index in [2.05, 4.69) is 20.3 Å². The van der Waals surface area contributed by atoms with Gasteiger partial charge in [-0.15, -0.1) is 10.2 Å². The second kappa shape index (κ2) is 9.01. The number of halogens is 6. The van der Waals surface area contributed by atoms with E-state index < -0.39 is 29.5 Å². The van der Waals surface area contributed by atoms with Gasteiger partial charge in [-0.25, -0.2) is 0 Å². The van der Waals surface area contributed by atoms with Crippen LogP contribution in [0.5, 0.6) is 0 Å². The summed E-state index contributed by atoms with van der Waals surface area (Å²) in [6, 6.07) is 6.06. The van der Waals surface area contributed by atoms with Crippen molar-refractivity contribution in [1.29, 1.82) is 0 Å². The lowest BCUT2D eigenvalue weighted by molar-refractivity contribution is -0.143. The molecule has 176 valence electrons. The third kappa shape index (κ3) is 5.16. The molecule has 0 fully saturated rings. The second-order valence-corrected chi connectivity index (χ2v) is 8.23. The van der Waals surface area contributed by atoms with Crippen LogP contribution in [-0.4, -0.2) is 25.0 Å². The predicted molar refractivity (Wildman–Crippen MR) is 115 cm³/mol. The molecule has 1 atom stereocenters. The van der Waals surface area contributed by atoms with E-state index in [1.54, 1.807) is 30.5 Å². The molecule has 0 N–H and O–H groups in total. The van der Waals surface area contributed by atoms with Gasteiger partial charge in [0.25, 0.3) is 0 Å². The Bertz CT molecular complexity index is 1310. The van der Waals surface area contributed by atoms with Crippen LogP contribution in [0.3, 0.4) is 0 Å². The molecule has 4 aromatic rings. The molecular weight excluding hydrogens is 480 g/mol. The molecule has 0 saturated heterocycles. The zero-order chi connectivity index (χ0) is 24.5. The summed E-state index contributed by atoms with van der Waals surface area (Å²) in [6.45, 7) is 1.43. The van der Waals surface area contributed by atoms with Gasteiger partial charge in [0, 0.05) is 18.0 Å². The standard InChI is InChI=1S/C22H15F6N5S/c1-13(16-7-6-15(21(23,24)25)10-17(16)22(26,27)28)33-12-14(11-30-33)5-8-19-31-32-20(34-19)18-4-2-3-9-29-18/h2-13H,1H3/b8-5+. The molecule has 0 amide bonds. The summed E-state index contributed by atoms with van der Waals surface area (Å²) < 4.78 is 80.6. The molecule has 0 bridgehead atoms. The van der Waals surface area contributed by atoms with Gasteiger partial charge in [0.05, 0.1) is 23.4 Å². The second-order valence-electron chi connectivity index (χ2n) is 7.22. The van der Waals surface area contributed by atoms with E-state index in [0.717, 1.165) is 6.07 Å². The molecule has 0 aliphatic carbocycles. The van der Waals surface area contributed by atoms with Gasteiger partial charge in [0.1, 0.15) is 10.7 Å². The summed E-state index contributed by atoms with van der Waals surface area (Å²) in [5, 5.41) is 13.4. The van der Waals surface area contributed by atoms with Crippen molar-refractivity contribution in [1.82, 2.24) is 25.0 Å². The molecule has 0 saturated carbocycles.